The first-order valence-electron chi connectivity index (χ1n) is 9.98. The average molecular weight is 494 g/mol. The molecule has 33 heavy (non-hydrogen) atoms. The van der Waals surface area contributed by atoms with E-state index in [1.807, 2.05) is 13.0 Å². The fourth-order valence-corrected chi connectivity index (χ4v) is 5.63. The van der Waals surface area contributed by atoms with Gasteiger partial charge in [-0.15, -0.1) is 11.3 Å². The summed E-state index contributed by atoms with van der Waals surface area (Å²) >= 11 is 8.75. The lowest BCUT2D eigenvalue weighted by Crippen LogP contribution is -2.29. The highest BCUT2D eigenvalue weighted by atomic mass is 35.5. The zero-order valence-electron chi connectivity index (χ0n) is 17.3. The Hall–Kier alpha value is -3.20. The largest absolute Gasteiger partial charge is 0.325 e. The number of hydrogen-bond acceptors (Lipinski definition) is 6. The zero-order chi connectivity index (χ0) is 23.1. The van der Waals surface area contributed by atoms with Crippen LogP contribution < -0.4 is 10.2 Å². The van der Waals surface area contributed by atoms with Crippen LogP contribution in [0.4, 0.5) is 11.4 Å². The monoisotopic (exact) mass is 493 g/mol. The van der Waals surface area contributed by atoms with Crippen molar-refractivity contribution in [3.05, 3.63) is 82.4 Å². The predicted octanol–water partition coefficient (Wildman–Crippen LogP) is 5.79. The number of rotatable bonds is 5. The van der Waals surface area contributed by atoms with Gasteiger partial charge in [-0.1, -0.05) is 41.6 Å². The van der Waals surface area contributed by atoms with E-state index < -0.39 is 0 Å². The molecule has 4 aromatic rings. The van der Waals surface area contributed by atoms with Gasteiger partial charge in [0, 0.05) is 10.7 Å². The van der Waals surface area contributed by atoms with Crippen LogP contribution in [0.3, 0.4) is 0 Å². The molecular formula is C24H16ClN3O3S2. The van der Waals surface area contributed by atoms with Crippen LogP contribution in [0.1, 0.15) is 26.3 Å². The number of benzene rings is 3. The quantitative estimate of drug-likeness (QED) is 0.281. The minimum atomic E-state index is -0.331. The van der Waals surface area contributed by atoms with Crippen molar-refractivity contribution in [2.75, 3.05) is 16.0 Å². The van der Waals surface area contributed by atoms with Crippen molar-refractivity contribution in [3.63, 3.8) is 0 Å². The summed E-state index contributed by atoms with van der Waals surface area (Å²) in [5.41, 5.74) is 3.67. The molecule has 0 unspecified atom stereocenters. The Morgan fingerprint density at radius 3 is 2.52 bits per heavy atom. The first-order chi connectivity index (χ1) is 15.9. The average Bonchev–Trinajstić information content (AvgIpc) is 3.33. The first-order valence-corrected chi connectivity index (χ1v) is 12.2. The molecule has 1 N–H and O–H groups in total. The topological polar surface area (TPSA) is 79.4 Å². The predicted molar refractivity (Wildman–Crippen MR) is 133 cm³/mol. The van der Waals surface area contributed by atoms with Crippen molar-refractivity contribution in [1.29, 1.82) is 0 Å². The Balaban J connectivity index is 1.31. The fraction of sp³-hybridized carbons (Fsp3) is 0.0833. The van der Waals surface area contributed by atoms with Crippen LogP contribution in [0.5, 0.6) is 0 Å². The van der Waals surface area contributed by atoms with Crippen molar-refractivity contribution >= 4 is 74.0 Å². The van der Waals surface area contributed by atoms with Crippen molar-refractivity contribution in [1.82, 2.24) is 4.98 Å². The van der Waals surface area contributed by atoms with E-state index in [1.54, 1.807) is 54.6 Å². The van der Waals surface area contributed by atoms with Crippen LogP contribution in [-0.4, -0.2) is 28.5 Å². The molecule has 1 aliphatic rings. The lowest BCUT2D eigenvalue weighted by Gasteiger charge is -2.13. The maximum absolute atomic E-state index is 12.8. The summed E-state index contributed by atoms with van der Waals surface area (Å²) in [5.74, 6) is -0.628. The van der Waals surface area contributed by atoms with E-state index in [4.69, 9.17) is 11.6 Å². The number of thioether (sulfide) groups is 1. The third-order valence-corrected chi connectivity index (χ3v) is 7.60. The van der Waals surface area contributed by atoms with Crippen molar-refractivity contribution in [2.24, 2.45) is 0 Å². The Bertz CT molecular complexity index is 1420. The van der Waals surface area contributed by atoms with Crippen molar-refractivity contribution in [2.45, 2.75) is 11.3 Å². The SMILES string of the molecule is Cc1ccc(Cl)cc1NC(=O)CSc1nc2ccc(N3C(=O)c4ccccc4C3=O)cc2s1. The Morgan fingerprint density at radius 1 is 1.06 bits per heavy atom. The molecule has 0 saturated carbocycles. The lowest BCUT2D eigenvalue weighted by molar-refractivity contribution is -0.113. The van der Waals surface area contributed by atoms with Crippen LogP contribution in [0.2, 0.25) is 5.02 Å². The molecule has 2 heterocycles. The van der Waals surface area contributed by atoms with E-state index in [1.165, 1.54) is 28.0 Å². The minimum Gasteiger partial charge on any atom is -0.325 e. The highest BCUT2D eigenvalue weighted by Gasteiger charge is 2.36. The summed E-state index contributed by atoms with van der Waals surface area (Å²) in [6.45, 7) is 1.90. The van der Waals surface area contributed by atoms with Crippen LogP contribution in [-0.2, 0) is 4.79 Å². The van der Waals surface area contributed by atoms with E-state index in [2.05, 4.69) is 10.3 Å². The van der Waals surface area contributed by atoms with E-state index >= 15 is 0 Å². The summed E-state index contributed by atoms with van der Waals surface area (Å²) in [4.78, 5) is 43.7. The molecular weight excluding hydrogens is 478 g/mol. The number of amides is 3. The zero-order valence-corrected chi connectivity index (χ0v) is 19.7. The van der Waals surface area contributed by atoms with E-state index in [0.717, 1.165) is 20.1 Å². The molecule has 0 bridgehead atoms. The number of aryl methyl sites for hydroxylation is 1. The molecule has 3 aromatic carbocycles. The first kappa shape index (κ1) is 21.6. The van der Waals surface area contributed by atoms with Crippen molar-refractivity contribution < 1.29 is 14.4 Å². The molecule has 0 saturated heterocycles. The Morgan fingerprint density at radius 2 is 1.79 bits per heavy atom. The maximum Gasteiger partial charge on any atom is 0.266 e. The number of aromatic nitrogens is 1. The fourth-order valence-electron chi connectivity index (χ4n) is 3.56. The molecule has 0 radical (unpaired) electrons. The highest BCUT2D eigenvalue weighted by molar-refractivity contribution is 8.01. The number of hydrogen-bond donors (Lipinski definition) is 1. The normalized spacial score (nSPS) is 13.0. The number of nitrogens with zero attached hydrogens (tertiary/aromatic N) is 2. The van der Waals surface area contributed by atoms with E-state index in [9.17, 15) is 14.4 Å². The number of nitrogens with one attached hydrogen (secondary N) is 1. The van der Waals surface area contributed by atoms with E-state index in [-0.39, 0.29) is 23.5 Å². The molecule has 1 aromatic heterocycles. The van der Waals surface area contributed by atoms with Gasteiger partial charge in [0.05, 0.1) is 32.8 Å². The van der Waals surface area contributed by atoms with Crippen LogP contribution in [0.15, 0.2) is 65.0 Å². The number of anilines is 2. The van der Waals surface area contributed by atoms with Crippen LogP contribution in [0.25, 0.3) is 10.2 Å². The summed E-state index contributed by atoms with van der Waals surface area (Å²) < 4.78 is 1.56. The van der Waals surface area contributed by atoms with Gasteiger partial charge in [0.2, 0.25) is 5.91 Å². The second-order valence-electron chi connectivity index (χ2n) is 7.42. The van der Waals surface area contributed by atoms with Crippen molar-refractivity contribution in [3.8, 4) is 0 Å². The molecule has 9 heteroatoms. The Kier molecular flexibility index (Phi) is 5.65. The van der Waals surface area contributed by atoms with Gasteiger partial charge in [0.15, 0.2) is 4.34 Å². The molecule has 164 valence electrons. The Labute approximate surface area is 202 Å². The van der Waals surface area contributed by atoms with Gasteiger partial charge >= 0.3 is 0 Å². The van der Waals surface area contributed by atoms with Crippen LogP contribution >= 0.6 is 34.7 Å². The smallest absolute Gasteiger partial charge is 0.266 e. The number of imide groups is 1. The lowest BCUT2D eigenvalue weighted by atomic mass is 10.1. The number of thiazole rings is 1. The molecule has 0 atom stereocenters. The molecule has 0 aliphatic carbocycles. The molecule has 3 amide bonds. The third-order valence-electron chi connectivity index (χ3n) is 5.21. The standard InChI is InChI=1S/C24H16ClN3O3S2/c1-13-6-7-14(25)10-19(13)26-21(29)12-32-24-27-18-9-8-15(11-20(18)33-24)28-22(30)16-4-2-3-5-17(16)23(28)31/h2-11H,12H2,1H3,(H,26,29). The molecule has 5 rings (SSSR count). The number of fused-ring (bicyclic) bond motifs is 2. The molecule has 6 nitrogen and oxygen atoms in total. The summed E-state index contributed by atoms with van der Waals surface area (Å²) in [5, 5.41) is 3.43. The van der Waals surface area contributed by atoms with Gasteiger partial charge in [-0.25, -0.2) is 9.88 Å². The maximum atomic E-state index is 12.8. The van der Waals surface area contributed by atoms with Gasteiger partial charge in [0.25, 0.3) is 11.8 Å². The second kappa shape index (κ2) is 8.62. The van der Waals surface area contributed by atoms with Gasteiger partial charge in [-0.05, 0) is 55.0 Å². The summed E-state index contributed by atoms with van der Waals surface area (Å²) in [6.07, 6.45) is 0. The van der Waals surface area contributed by atoms with E-state index in [0.29, 0.717) is 27.5 Å². The van der Waals surface area contributed by atoms with Gasteiger partial charge in [-0.2, -0.15) is 0 Å². The number of carbonyl (C=O) groups excluding carboxylic acids is 3. The minimum absolute atomic E-state index is 0.156. The third kappa shape index (κ3) is 4.13. The summed E-state index contributed by atoms with van der Waals surface area (Å²) in [6, 6.07) is 17.4. The molecule has 0 spiro atoms. The highest BCUT2D eigenvalue weighted by Crippen LogP contribution is 2.35. The van der Waals surface area contributed by atoms with Gasteiger partial charge in [0.1, 0.15) is 0 Å². The van der Waals surface area contributed by atoms with Gasteiger partial charge in [-0.3, -0.25) is 14.4 Å². The van der Waals surface area contributed by atoms with Crippen LogP contribution in [0, 0.1) is 6.92 Å². The molecule has 0 fully saturated rings. The van der Waals surface area contributed by atoms with Gasteiger partial charge < -0.3 is 5.32 Å². The molecule has 1 aliphatic heterocycles. The second-order valence-corrected chi connectivity index (χ2v) is 10.1. The summed E-state index contributed by atoms with van der Waals surface area (Å²) in [7, 11) is 0. The number of carbonyl (C=O) groups is 3. The number of halogens is 1.